The SMILES string of the molecule is NNC(=O)C1CN(C(=O)O)CCO1. The standard InChI is InChI=1S/C6H11N3O4/c7-8-5(10)4-3-9(6(11)12)1-2-13-4/h4H,1-3,7H2,(H,8,10)(H,11,12). The molecule has 13 heavy (non-hydrogen) atoms. The highest BCUT2D eigenvalue weighted by Crippen LogP contribution is 2.04. The molecule has 1 aliphatic heterocycles. The summed E-state index contributed by atoms with van der Waals surface area (Å²) in [5.74, 6) is 4.37. The van der Waals surface area contributed by atoms with Gasteiger partial charge in [-0.1, -0.05) is 0 Å². The Bertz CT molecular complexity index is 220. The Morgan fingerprint density at radius 2 is 2.31 bits per heavy atom. The van der Waals surface area contributed by atoms with Gasteiger partial charge in [0.1, 0.15) is 0 Å². The van der Waals surface area contributed by atoms with Gasteiger partial charge in [0, 0.05) is 6.54 Å². The number of hydrazine groups is 1. The van der Waals surface area contributed by atoms with Crippen LogP contribution in [0, 0.1) is 0 Å². The molecule has 0 saturated carbocycles. The maximum absolute atomic E-state index is 11.0. The number of nitrogens with zero attached hydrogens (tertiary/aromatic N) is 1. The Kier molecular flexibility index (Phi) is 3.04. The summed E-state index contributed by atoms with van der Waals surface area (Å²) in [5, 5.41) is 8.62. The Hall–Kier alpha value is -1.34. The van der Waals surface area contributed by atoms with Crippen molar-refractivity contribution in [3.05, 3.63) is 0 Å². The predicted octanol–water partition coefficient (Wildman–Crippen LogP) is -1.64. The molecule has 0 aliphatic carbocycles. The van der Waals surface area contributed by atoms with Gasteiger partial charge in [0.2, 0.25) is 0 Å². The molecule has 1 unspecified atom stereocenters. The molecule has 1 aliphatic rings. The van der Waals surface area contributed by atoms with Gasteiger partial charge in [0.25, 0.3) is 5.91 Å². The number of nitrogens with two attached hydrogens (primary N) is 1. The van der Waals surface area contributed by atoms with Crippen molar-refractivity contribution >= 4 is 12.0 Å². The predicted molar refractivity (Wildman–Crippen MR) is 41.7 cm³/mol. The Balaban J connectivity index is 2.51. The highest BCUT2D eigenvalue weighted by atomic mass is 16.5. The van der Waals surface area contributed by atoms with Crippen molar-refractivity contribution in [1.29, 1.82) is 0 Å². The Morgan fingerprint density at radius 1 is 1.62 bits per heavy atom. The molecule has 0 radical (unpaired) electrons. The first kappa shape index (κ1) is 9.75. The summed E-state index contributed by atoms with van der Waals surface area (Å²) in [6, 6.07) is 0. The summed E-state index contributed by atoms with van der Waals surface area (Å²) in [4.78, 5) is 22.6. The summed E-state index contributed by atoms with van der Waals surface area (Å²) in [6.45, 7) is 0.520. The first-order chi connectivity index (χ1) is 6.15. The van der Waals surface area contributed by atoms with E-state index in [-0.39, 0.29) is 19.7 Å². The average molecular weight is 189 g/mol. The fraction of sp³-hybridized carbons (Fsp3) is 0.667. The number of rotatable bonds is 1. The van der Waals surface area contributed by atoms with Gasteiger partial charge < -0.3 is 14.7 Å². The van der Waals surface area contributed by atoms with Gasteiger partial charge in [-0.3, -0.25) is 10.2 Å². The van der Waals surface area contributed by atoms with Crippen LogP contribution in [0.25, 0.3) is 0 Å². The molecule has 74 valence electrons. The normalized spacial score (nSPS) is 22.5. The van der Waals surface area contributed by atoms with E-state index in [1.165, 1.54) is 0 Å². The number of carbonyl (C=O) groups is 2. The van der Waals surface area contributed by atoms with E-state index in [9.17, 15) is 9.59 Å². The molecule has 7 heteroatoms. The van der Waals surface area contributed by atoms with Crippen LogP contribution in [-0.2, 0) is 9.53 Å². The maximum Gasteiger partial charge on any atom is 0.407 e. The molecule has 0 bridgehead atoms. The van der Waals surface area contributed by atoms with Crippen molar-refractivity contribution in [2.75, 3.05) is 19.7 Å². The van der Waals surface area contributed by atoms with Gasteiger partial charge in [0.05, 0.1) is 13.2 Å². The highest BCUT2D eigenvalue weighted by molar-refractivity contribution is 5.81. The zero-order chi connectivity index (χ0) is 9.84. The van der Waals surface area contributed by atoms with Crippen LogP contribution in [0.1, 0.15) is 0 Å². The van der Waals surface area contributed by atoms with Crippen molar-refractivity contribution in [2.45, 2.75) is 6.10 Å². The fourth-order valence-electron chi connectivity index (χ4n) is 1.07. The second-order valence-corrected chi connectivity index (χ2v) is 2.60. The maximum atomic E-state index is 11.0. The summed E-state index contributed by atoms with van der Waals surface area (Å²) >= 11 is 0. The number of ether oxygens (including phenoxy) is 1. The number of amides is 2. The number of carboxylic acid groups (broad SMARTS) is 1. The van der Waals surface area contributed by atoms with E-state index in [0.29, 0.717) is 0 Å². The van der Waals surface area contributed by atoms with Crippen molar-refractivity contribution < 1.29 is 19.4 Å². The van der Waals surface area contributed by atoms with Crippen LogP contribution in [0.2, 0.25) is 0 Å². The molecular weight excluding hydrogens is 178 g/mol. The zero-order valence-corrected chi connectivity index (χ0v) is 6.90. The lowest BCUT2D eigenvalue weighted by Crippen LogP contribution is -2.52. The third kappa shape index (κ3) is 2.30. The molecule has 0 aromatic rings. The summed E-state index contributed by atoms with van der Waals surface area (Å²) in [7, 11) is 0. The van der Waals surface area contributed by atoms with E-state index in [4.69, 9.17) is 15.7 Å². The first-order valence-corrected chi connectivity index (χ1v) is 3.75. The summed E-state index contributed by atoms with van der Waals surface area (Å²) in [5.41, 5.74) is 1.91. The monoisotopic (exact) mass is 189 g/mol. The lowest BCUT2D eigenvalue weighted by molar-refractivity contribution is -0.137. The fourth-order valence-corrected chi connectivity index (χ4v) is 1.07. The molecule has 0 aromatic heterocycles. The third-order valence-corrected chi connectivity index (χ3v) is 1.77. The van der Waals surface area contributed by atoms with E-state index < -0.39 is 18.1 Å². The summed E-state index contributed by atoms with van der Waals surface area (Å²) in [6.07, 6.45) is -1.85. The van der Waals surface area contributed by atoms with E-state index in [2.05, 4.69) is 0 Å². The number of morpholine rings is 1. The van der Waals surface area contributed by atoms with Gasteiger partial charge in [0.15, 0.2) is 6.10 Å². The smallest absolute Gasteiger partial charge is 0.407 e. The second-order valence-electron chi connectivity index (χ2n) is 2.60. The van der Waals surface area contributed by atoms with Crippen LogP contribution < -0.4 is 11.3 Å². The number of hydrogen-bond donors (Lipinski definition) is 3. The highest BCUT2D eigenvalue weighted by Gasteiger charge is 2.28. The van der Waals surface area contributed by atoms with Crippen LogP contribution in [0.4, 0.5) is 4.79 Å². The largest absolute Gasteiger partial charge is 0.465 e. The number of hydrogen-bond acceptors (Lipinski definition) is 4. The Morgan fingerprint density at radius 3 is 2.85 bits per heavy atom. The first-order valence-electron chi connectivity index (χ1n) is 3.75. The molecule has 1 rings (SSSR count). The molecule has 1 heterocycles. The van der Waals surface area contributed by atoms with Crippen molar-refractivity contribution in [1.82, 2.24) is 10.3 Å². The average Bonchev–Trinajstić information content (AvgIpc) is 2.17. The minimum absolute atomic E-state index is 0.0262. The van der Waals surface area contributed by atoms with Gasteiger partial charge in [-0.15, -0.1) is 0 Å². The number of carbonyl (C=O) groups excluding carboxylic acids is 1. The Labute approximate surface area is 74.4 Å². The van der Waals surface area contributed by atoms with Gasteiger partial charge >= 0.3 is 6.09 Å². The van der Waals surface area contributed by atoms with Gasteiger partial charge in [-0.25, -0.2) is 10.6 Å². The quantitative estimate of drug-likeness (QED) is 0.260. The molecule has 2 amide bonds. The van der Waals surface area contributed by atoms with Crippen LogP contribution in [-0.4, -0.2) is 47.8 Å². The van der Waals surface area contributed by atoms with Crippen molar-refractivity contribution in [3.8, 4) is 0 Å². The number of nitrogens with one attached hydrogen (secondary N) is 1. The second kappa shape index (κ2) is 4.06. The molecule has 1 saturated heterocycles. The molecule has 1 fully saturated rings. The lowest BCUT2D eigenvalue weighted by Gasteiger charge is -2.29. The molecule has 4 N–H and O–H groups in total. The zero-order valence-electron chi connectivity index (χ0n) is 6.90. The van der Waals surface area contributed by atoms with Gasteiger partial charge in [-0.05, 0) is 0 Å². The van der Waals surface area contributed by atoms with Crippen LogP contribution in [0.15, 0.2) is 0 Å². The molecule has 0 spiro atoms. The van der Waals surface area contributed by atoms with Crippen molar-refractivity contribution in [2.24, 2.45) is 5.84 Å². The molecule has 1 atom stereocenters. The van der Waals surface area contributed by atoms with Crippen molar-refractivity contribution in [3.63, 3.8) is 0 Å². The van der Waals surface area contributed by atoms with Crippen LogP contribution >= 0.6 is 0 Å². The third-order valence-electron chi connectivity index (χ3n) is 1.77. The lowest BCUT2D eigenvalue weighted by atomic mass is 10.3. The van der Waals surface area contributed by atoms with Gasteiger partial charge in [-0.2, -0.15) is 0 Å². The molecule has 0 aromatic carbocycles. The van der Waals surface area contributed by atoms with Crippen LogP contribution in [0.3, 0.4) is 0 Å². The van der Waals surface area contributed by atoms with Crippen LogP contribution in [0.5, 0.6) is 0 Å². The molecule has 7 nitrogen and oxygen atoms in total. The molecular formula is C6H11N3O4. The van der Waals surface area contributed by atoms with E-state index in [1.807, 2.05) is 5.43 Å². The minimum Gasteiger partial charge on any atom is -0.465 e. The minimum atomic E-state index is -1.06. The topological polar surface area (TPSA) is 105 Å². The van der Waals surface area contributed by atoms with E-state index in [1.54, 1.807) is 0 Å². The van der Waals surface area contributed by atoms with E-state index in [0.717, 1.165) is 4.90 Å². The van der Waals surface area contributed by atoms with E-state index >= 15 is 0 Å². The summed E-state index contributed by atoms with van der Waals surface area (Å²) < 4.78 is 5.01.